The van der Waals surface area contributed by atoms with Crippen LogP contribution < -0.4 is 5.32 Å². The molecule has 0 unspecified atom stereocenters. The first-order valence-corrected chi connectivity index (χ1v) is 10.9. The average Bonchev–Trinajstić information content (AvgIpc) is 3.00. The average molecular weight is 446 g/mol. The lowest BCUT2D eigenvalue weighted by Gasteiger charge is -2.20. The number of benzene rings is 2. The smallest absolute Gasteiger partial charge is 0.266 e. The lowest BCUT2D eigenvalue weighted by molar-refractivity contribution is -0.112. The highest BCUT2D eigenvalue weighted by molar-refractivity contribution is 6.30. The Morgan fingerprint density at radius 3 is 2.28 bits per heavy atom. The number of nitrogens with zero attached hydrogens (tertiary/aromatic N) is 2. The topological polar surface area (TPSA) is 57.8 Å². The van der Waals surface area contributed by atoms with Crippen molar-refractivity contribution in [1.29, 1.82) is 5.26 Å². The third-order valence-corrected chi connectivity index (χ3v) is 5.80. The second-order valence-electron chi connectivity index (χ2n) is 9.04. The number of amides is 1. The SMILES string of the molecule is Cc1cc(Cl)ccc1NC(=O)/C(C#N)=C/c1cc(C)n(-c2ccc(C(C)(C)C)cc2)c1C. The summed E-state index contributed by atoms with van der Waals surface area (Å²) in [5.74, 6) is -0.447. The first-order chi connectivity index (χ1) is 15.0. The Morgan fingerprint density at radius 2 is 1.72 bits per heavy atom. The molecule has 0 spiro atoms. The summed E-state index contributed by atoms with van der Waals surface area (Å²) in [5.41, 5.74) is 6.74. The van der Waals surface area contributed by atoms with E-state index in [0.29, 0.717) is 10.7 Å². The first-order valence-electron chi connectivity index (χ1n) is 10.5. The molecule has 1 heterocycles. The predicted octanol–water partition coefficient (Wildman–Crippen LogP) is 6.90. The highest BCUT2D eigenvalue weighted by Crippen LogP contribution is 2.27. The second-order valence-corrected chi connectivity index (χ2v) is 9.48. The summed E-state index contributed by atoms with van der Waals surface area (Å²) >= 11 is 5.99. The van der Waals surface area contributed by atoms with Gasteiger partial charge in [0.25, 0.3) is 5.91 Å². The molecular formula is C27H28ClN3O. The molecule has 0 aliphatic rings. The van der Waals surface area contributed by atoms with Gasteiger partial charge in [0.05, 0.1) is 0 Å². The Kier molecular flexibility index (Phi) is 6.62. The van der Waals surface area contributed by atoms with Crippen LogP contribution in [0.4, 0.5) is 5.69 Å². The molecule has 4 nitrogen and oxygen atoms in total. The van der Waals surface area contributed by atoms with Gasteiger partial charge in [-0.3, -0.25) is 4.79 Å². The number of carbonyl (C=O) groups excluding carboxylic acids is 1. The number of anilines is 1. The third-order valence-electron chi connectivity index (χ3n) is 5.56. The van der Waals surface area contributed by atoms with Gasteiger partial charge in [0, 0.05) is 27.8 Å². The molecule has 32 heavy (non-hydrogen) atoms. The van der Waals surface area contributed by atoms with Crippen LogP contribution in [0.3, 0.4) is 0 Å². The molecule has 0 fully saturated rings. The van der Waals surface area contributed by atoms with Gasteiger partial charge in [-0.2, -0.15) is 5.26 Å². The lowest BCUT2D eigenvalue weighted by Crippen LogP contribution is -2.14. The maximum absolute atomic E-state index is 12.7. The molecule has 0 radical (unpaired) electrons. The molecule has 0 saturated heterocycles. The van der Waals surface area contributed by atoms with Gasteiger partial charge in [-0.05, 0) is 85.4 Å². The number of nitriles is 1. The standard InChI is InChI=1S/C27H28ClN3O/c1-17-13-23(28)9-12-25(17)30-26(32)21(16-29)15-20-14-18(2)31(19(20)3)24-10-7-22(8-11-24)27(4,5)6/h7-15H,1-6H3,(H,30,32)/b21-15+. The van der Waals surface area contributed by atoms with E-state index in [-0.39, 0.29) is 11.0 Å². The molecule has 1 aromatic heterocycles. The zero-order valence-electron chi connectivity index (χ0n) is 19.4. The summed E-state index contributed by atoms with van der Waals surface area (Å²) in [4.78, 5) is 12.7. The molecule has 0 atom stereocenters. The molecular weight excluding hydrogens is 418 g/mol. The van der Waals surface area contributed by atoms with E-state index in [1.54, 1.807) is 24.3 Å². The van der Waals surface area contributed by atoms with E-state index in [4.69, 9.17) is 11.6 Å². The molecule has 5 heteroatoms. The van der Waals surface area contributed by atoms with Crippen molar-refractivity contribution in [3.8, 4) is 11.8 Å². The van der Waals surface area contributed by atoms with Crippen LogP contribution in [0, 0.1) is 32.1 Å². The minimum atomic E-state index is -0.447. The van der Waals surface area contributed by atoms with Gasteiger partial charge in [0.1, 0.15) is 11.6 Å². The molecule has 3 rings (SSSR count). The van der Waals surface area contributed by atoms with Gasteiger partial charge in [-0.25, -0.2) is 0 Å². The normalized spacial score (nSPS) is 11.9. The van der Waals surface area contributed by atoms with Gasteiger partial charge in [0.2, 0.25) is 0 Å². The minimum Gasteiger partial charge on any atom is -0.321 e. The van der Waals surface area contributed by atoms with E-state index in [1.165, 1.54) is 5.56 Å². The molecule has 1 N–H and O–H groups in total. The Bertz CT molecular complexity index is 1240. The molecule has 0 bridgehead atoms. The van der Waals surface area contributed by atoms with Crippen LogP contribution in [-0.4, -0.2) is 10.5 Å². The number of aromatic nitrogens is 1. The largest absolute Gasteiger partial charge is 0.321 e. The monoisotopic (exact) mass is 445 g/mol. The Morgan fingerprint density at radius 1 is 1.06 bits per heavy atom. The van der Waals surface area contributed by atoms with Crippen LogP contribution in [0.1, 0.15) is 48.8 Å². The van der Waals surface area contributed by atoms with Gasteiger partial charge in [0.15, 0.2) is 0 Å². The molecule has 0 aliphatic heterocycles. The summed E-state index contributed by atoms with van der Waals surface area (Å²) in [6, 6.07) is 17.7. The maximum Gasteiger partial charge on any atom is 0.266 e. The van der Waals surface area contributed by atoms with Crippen molar-refractivity contribution in [1.82, 2.24) is 4.57 Å². The molecule has 164 valence electrons. The molecule has 2 aromatic carbocycles. The summed E-state index contributed by atoms with van der Waals surface area (Å²) in [7, 11) is 0. The highest BCUT2D eigenvalue weighted by atomic mass is 35.5. The fourth-order valence-electron chi connectivity index (χ4n) is 3.70. The number of hydrogen-bond donors (Lipinski definition) is 1. The number of rotatable bonds is 4. The van der Waals surface area contributed by atoms with E-state index in [0.717, 1.165) is 28.2 Å². The van der Waals surface area contributed by atoms with Gasteiger partial charge >= 0.3 is 0 Å². The van der Waals surface area contributed by atoms with Crippen molar-refractivity contribution < 1.29 is 4.79 Å². The summed E-state index contributed by atoms with van der Waals surface area (Å²) in [6.07, 6.45) is 1.64. The Balaban J connectivity index is 1.92. The zero-order valence-corrected chi connectivity index (χ0v) is 20.1. The molecule has 1 amide bonds. The van der Waals surface area contributed by atoms with E-state index in [2.05, 4.69) is 54.9 Å². The fourth-order valence-corrected chi connectivity index (χ4v) is 3.93. The van der Waals surface area contributed by atoms with E-state index >= 15 is 0 Å². The minimum absolute atomic E-state index is 0.0441. The van der Waals surface area contributed by atoms with E-state index in [1.807, 2.05) is 32.9 Å². The van der Waals surface area contributed by atoms with Crippen molar-refractivity contribution in [3.63, 3.8) is 0 Å². The van der Waals surface area contributed by atoms with Crippen molar-refractivity contribution >= 4 is 29.3 Å². The summed E-state index contributed by atoms with van der Waals surface area (Å²) in [5, 5.41) is 13.0. The second kappa shape index (κ2) is 9.06. The Hall–Kier alpha value is -3.29. The van der Waals surface area contributed by atoms with Crippen molar-refractivity contribution in [3.05, 3.63) is 87.2 Å². The van der Waals surface area contributed by atoms with Gasteiger partial charge in [-0.1, -0.05) is 44.5 Å². The highest BCUT2D eigenvalue weighted by Gasteiger charge is 2.16. The number of aryl methyl sites for hydroxylation is 2. The van der Waals surface area contributed by atoms with Crippen LogP contribution in [0.25, 0.3) is 11.8 Å². The van der Waals surface area contributed by atoms with Crippen LogP contribution in [0.5, 0.6) is 0 Å². The summed E-state index contributed by atoms with van der Waals surface area (Å²) in [6.45, 7) is 12.4. The number of carbonyl (C=O) groups is 1. The van der Waals surface area contributed by atoms with Crippen LogP contribution in [-0.2, 0) is 10.2 Å². The van der Waals surface area contributed by atoms with Crippen LogP contribution >= 0.6 is 11.6 Å². The lowest BCUT2D eigenvalue weighted by atomic mass is 9.87. The zero-order chi connectivity index (χ0) is 23.6. The van der Waals surface area contributed by atoms with E-state index < -0.39 is 5.91 Å². The number of halogens is 1. The van der Waals surface area contributed by atoms with Gasteiger partial charge in [-0.15, -0.1) is 0 Å². The van der Waals surface area contributed by atoms with E-state index in [9.17, 15) is 10.1 Å². The summed E-state index contributed by atoms with van der Waals surface area (Å²) < 4.78 is 2.13. The third kappa shape index (κ3) is 4.95. The van der Waals surface area contributed by atoms with Crippen LogP contribution in [0.15, 0.2) is 54.1 Å². The fraction of sp³-hybridized carbons (Fsp3) is 0.259. The quantitative estimate of drug-likeness (QED) is 0.350. The number of hydrogen-bond acceptors (Lipinski definition) is 2. The van der Waals surface area contributed by atoms with Crippen molar-refractivity contribution in [2.45, 2.75) is 47.0 Å². The molecule has 3 aromatic rings. The maximum atomic E-state index is 12.7. The van der Waals surface area contributed by atoms with Gasteiger partial charge < -0.3 is 9.88 Å². The van der Waals surface area contributed by atoms with Crippen molar-refractivity contribution in [2.75, 3.05) is 5.32 Å². The first kappa shape index (κ1) is 23.4. The molecule has 0 aliphatic carbocycles. The Labute approximate surface area is 195 Å². The van der Waals surface area contributed by atoms with Crippen LogP contribution in [0.2, 0.25) is 5.02 Å². The predicted molar refractivity (Wildman–Crippen MR) is 132 cm³/mol. The molecule has 0 saturated carbocycles. The van der Waals surface area contributed by atoms with Crippen molar-refractivity contribution in [2.24, 2.45) is 0 Å². The number of nitrogens with one attached hydrogen (secondary N) is 1.